The molecule has 3 heteroatoms. The molecule has 1 aromatic heterocycles. The van der Waals surface area contributed by atoms with E-state index in [0.29, 0.717) is 0 Å². The average Bonchev–Trinajstić information content (AvgIpc) is 3.01. The van der Waals surface area contributed by atoms with E-state index in [1.54, 1.807) is 0 Å². The maximum absolute atomic E-state index is 4.47. The molecule has 3 rings (SSSR count). The van der Waals surface area contributed by atoms with Crippen molar-refractivity contribution in [1.82, 2.24) is 14.7 Å². The molecule has 0 aromatic carbocycles. The van der Waals surface area contributed by atoms with Gasteiger partial charge >= 0.3 is 0 Å². The molecule has 0 bridgehead atoms. The second-order valence-electron chi connectivity index (χ2n) is 4.68. The SMILES string of the molecule is CC.Cc1cc2n(n1)CCN(CC1CC1)C2. The molecule has 0 amide bonds. The highest BCUT2D eigenvalue weighted by atomic mass is 15.3. The monoisotopic (exact) mass is 221 g/mol. The Morgan fingerprint density at radius 3 is 2.75 bits per heavy atom. The molecule has 0 radical (unpaired) electrons. The van der Waals surface area contributed by atoms with Crippen LogP contribution in [0.5, 0.6) is 0 Å². The molecule has 0 atom stereocenters. The first-order chi connectivity index (χ1) is 7.81. The molecule has 1 aliphatic heterocycles. The molecular weight excluding hydrogens is 198 g/mol. The highest BCUT2D eigenvalue weighted by molar-refractivity contribution is 5.10. The van der Waals surface area contributed by atoms with Crippen molar-refractivity contribution in [3.8, 4) is 0 Å². The van der Waals surface area contributed by atoms with Crippen LogP contribution in [0, 0.1) is 12.8 Å². The number of rotatable bonds is 2. The Morgan fingerprint density at radius 2 is 2.06 bits per heavy atom. The predicted molar refractivity (Wildman–Crippen MR) is 66.3 cm³/mol. The first kappa shape index (κ1) is 11.6. The number of hydrogen-bond acceptors (Lipinski definition) is 2. The molecule has 2 aliphatic rings. The van der Waals surface area contributed by atoms with Crippen LogP contribution in [0.2, 0.25) is 0 Å². The van der Waals surface area contributed by atoms with Crippen LogP contribution in [0.15, 0.2) is 6.07 Å². The molecule has 1 aromatic rings. The molecule has 0 N–H and O–H groups in total. The van der Waals surface area contributed by atoms with Crippen molar-refractivity contribution in [2.24, 2.45) is 5.92 Å². The smallest absolute Gasteiger partial charge is 0.0597 e. The largest absolute Gasteiger partial charge is 0.295 e. The first-order valence-corrected chi connectivity index (χ1v) is 6.57. The van der Waals surface area contributed by atoms with Crippen LogP contribution in [0.25, 0.3) is 0 Å². The van der Waals surface area contributed by atoms with Crippen LogP contribution < -0.4 is 0 Å². The second-order valence-corrected chi connectivity index (χ2v) is 4.68. The van der Waals surface area contributed by atoms with Gasteiger partial charge in [0.1, 0.15) is 0 Å². The van der Waals surface area contributed by atoms with Crippen molar-refractivity contribution in [2.75, 3.05) is 13.1 Å². The van der Waals surface area contributed by atoms with Crippen LogP contribution in [0.3, 0.4) is 0 Å². The Hall–Kier alpha value is -0.830. The second kappa shape index (κ2) is 5.00. The van der Waals surface area contributed by atoms with Crippen molar-refractivity contribution in [2.45, 2.75) is 46.7 Å². The zero-order valence-corrected chi connectivity index (χ0v) is 10.7. The van der Waals surface area contributed by atoms with E-state index in [4.69, 9.17) is 0 Å². The molecule has 0 unspecified atom stereocenters. The number of aryl methyl sites for hydroxylation is 1. The van der Waals surface area contributed by atoms with Gasteiger partial charge in [0.2, 0.25) is 0 Å². The van der Waals surface area contributed by atoms with Gasteiger partial charge in [-0.3, -0.25) is 9.58 Å². The third-order valence-electron chi connectivity index (χ3n) is 3.21. The molecule has 0 spiro atoms. The average molecular weight is 221 g/mol. The molecule has 0 saturated heterocycles. The molecular formula is C13H23N3. The lowest BCUT2D eigenvalue weighted by Gasteiger charge is -2.27. The highest BCUT2D eigenvalue weighted by Crippen LogP contribution is 2.30. The van der Waals surface area contributed by atoms with Crippen LogP contribution in [-0.4, -0.2) is 27.8 Å². The fraction of sp³-hybridized carbons (Fsp3) is 0.769. The number of fused-ring (bicyclic) bond motifs is 1. The van der Waals surface area contributed by atoms with Gasteiger partial charge in [0.25, 0.3) is 0 Å². The fourth-order valence-electron chi connectivity index (χ4n) is 2.29. The van der Waals surface area contributed by atoms with Gasteiger partial charge in [0.15, 0.2) is 0 Å². The minimum atomic E-state index is 1.01. The van der Waals surface area contributed by atoms with E-state index in [-0.39, 0.29) is 0 Å². The van der Waals surface area contributed by atoms with Crippen molar-refractivity contribution in [1.29, 1.82) is 0 Å². The van der Waals surface area contributed by atoms with Gasteiger partial charge in [-0.2, -0.15) is 5.10 Å². The summed E-state index contributed by atoms with van der Waals surface area (Å²) in [5.41, 5.74) is 2.56. The number of aromatic nitrogens is 2. The summed E-state index contributed by atoms with van der Waals surface area (Å²) in [6.07, 6.45) is 2.91. The molecule has 2 heterocycles. The van der Waals surface area contributed by atoms with Crippen LogP contribution >= 0.6 is 0 Å². The molecule has 1 aliphatic carbocycles. The van der Waals surface area contributed by atoms with E-state index in [1.807, 2.05) is 13.8 Å². The molecule has 90 valence electrons. The Bertz CT molecular complexity index is 339. The third-order valence-corrected chi connectivity index (χ3v) is 3.21. The zero-order valence-electron chi connectivity index (χ0n) is 10.7. The Labute approximate surface area is 98.4 Å². The van der Waals surface area contributed by atoms with Crippen molar-refractivity contribution in [3.63, 3.8) is 0 Å². The van der Waals surface area contributed by atoms with Crippen molar-refractivity contribution >= 4 is 0 Å². The van der Waals surface area contributed by atoms with E-state index in [2.05, 4.69) is 27.7 Å². The Balaban J connectivity index is 0.000000457. The topological polar surface area (TPSA) is 21.1 Å². The summed E-state index contributed by atoms with van der Waals surface area (Å²) in [6.45, 7) is 10.8. The molecule has 1 fully saturated rings. The third kappa shape index (κ3) is 2.64. The van der Waals surface area contributed by atoms with E-state index in [9.17, 15) is 0 Å². The fourth-order valence-corrected chi connectivity index (χ4v) is 2.29. The van der Waals surface area contributed by atoms with Gasteiger partial charge in [-0.25, -0.2) is 0 Å². The number of nitrogens with zero attached hydrogens (tertiary/aromatic N) is 3. The minimum Gasteiger partial charge on any atom is -0.295 e. The minimum absolute atomic E-state index is 1.01. The lowest BCUT2D eigenvalue weighted by molar-refractivity contribution is 0.205. The molecule has 16 heavy (non-hydrogen) atoms. The van der Waals surface area contributed by atoms with E-state index >= 15 is 0 Å². The van der Waals surface area contributed by atoms with Gasteiger partial charge in [-0.1, -0.05) is 13.8 Å². The van der Waals surface area contributed by atoms with Gasteiger partial charge in [-0.05, 0) is 31.7 Å². The van der Waals surface area contributed by atoms with E-state index < -0.39 is 0 Å². The first-order valence-electron chi connectivity index (χ1n) is 6.57. The standard InChI is InChI=1S/C11H17N3.C2H6/c1-9-6-11-8-13(7-10-2-3-10)4-5-14(11)12-9;1-2/h6,10H,2-5,7-8H2,1H3;1-2H3. The lowest BCUT2D eigenvalue weighted by Crippen LogP contribution is -2.35. The number of hydrogen-bond donors (Lipinski definition) is 0. The van der Waals surface area contributed by atoms with Crippen molar-refractivity contribution < 1.29 is 0 Å². The summed E-state index contributed by atoms with van der Waals surface area (Å²) in [4.78, 5) is 2.58. The Kier molecular flexibility index (Phi) is 3.64. The summed E-state index contributed by atoms with van der Waals surface area (Å²) in [6, 6.07) is 2.22. The normalized spacial score (nSPS) is 19.9. The van der Waals surface area contributed by atoms with Gasteiger partial charge in [-0.15, -0.1) is 0 Å². The van der Waals surface area contributed by atoms with Crippen LogP contribution in [0.4, 0.5) is 0 Å². The predicted octanol–water partition coefficient (Wildman–Crippen LogP) is 2.44. The molecule has 3 nitrogen and oxygen atoms in total. The maximum atomic E-state index is 4.47. The lowest BCUT2D eigenvalue weighted by atomic mass is 10.2. The molecule has 1 saturated carbocycles. The van der Waals surface area contributed by atoms with Gasteiger partial charge in [0, 0.05) is 19.6 Å². The van der Waals surface area contributed by atoms with Crippen LogP contribution in [-0.2, 0) is 13.1 Å². The van der Waals surface area contributed by atoms with Gasteiger partial charge < -0.3 is 0 Å². The van der Waals surface area contributed by atoms with E-state index in [0.717, 1.165) is 24.7 Å². The Morgan fingerprint density at radius 1 is 1.31 bits per heavy atom. The summed E-state index contributed by atoms with van der Waals surface area (Å²) in [5, 5.41) is 4.47. The van der Waals surface area contributed by atoms with E-state index in [1.165, 1.54) is 31.6 Å². The highest BCUT2D eigenvalue weighted by Gasteiger charge is 2.26. The van der Waals surface area contributed by atoms with Crippen LogP contribution in [0.1, 0.15) is 38.1 Å². The summed E-state index contributed by atoms with van der Waals surface area (Å²) in [7, 11) is 0. The summed E-state index contributed by atoms with van der Waals surface area (Å²) >= 11 is 0. The summed E-state index contributed by atoms with van der Waals surface area (Å²) < 4.78 is 2.17. The van der Waals surface area contributed by atoms with Crippen molar-refractivity contribution in [3.05, 3.63) is 17.5 Å². The van der Waals surface area contributed by atoms with Gasteiger partial charge in [0.05, 0.1) is 17.9 Å². The summed E-state index contributed by atoms with van der Waals surface area (Å²) in [5.74, 6) is 1.01. The zero-order chi connectivity index (χ0) is 11.5. The maximum Gasteiger partial charge on any atom is 0.0597 e. The quantitative estimate of drug-likeness (QED) is 0.765.